The zero-order valence-electron chi connectivity index (χ0n) is 7.97. The summed E-state index contributed by atoms with van der Waals surface area (Å²) in [4.78, 5) is 13.2. The van der Waals surface area contributed by atoms with E-state index in [2.05, 4.69) is 29.4 Å². The number of amides is 1. The van der Waals surface area contributed by atoms with E-state index >= 15 is 0 Å². The fraction of sp³-hybridized carbons (Fsp3) is 0.500. The molecule has 0 atom stereocenters. The molecule has 0 aliphatic rings. The largest absolute Gasteiger partial charge is 0.363 e. The van der Waals surface area contributed by atoms with E-state index in [0.717, 1.165) is 32.2 Å². The Balaban J connectivity index is 2.09. The third-order valence-electron chi connectivity index (χ3n) is 1.99. The first-order valence-electron chi connectivity index (χ1n) is 4.64. The molecule has 13 heavy (non-hydrogen) atoms. The van der Waals surface area contributed by atoms with Crippen LogP contribution in [0.25, 0.3) is 0 Å². The molecule has 0 saturated carbocycles. The van der Waals surface area contributed by atoms with Crippen molar-refractivity contribution in [3.63, 3.8) is 0 Å². The normalized spacial score (nSPS) is 9.92. The van der Waals surface area contributed by atoms with Crippen LogP contribution in [0.1, 0.15) is 24.2 Å². The van der Waals surface area contributed by atoms with E-state index in [1.807, 2.05) is 0 Å². The molecule has 0 radical (unpaired) electrons. The Morgan fingerprint density at radius 2 is 2.31 bits per heavy atom. The van der Waals surface area contributed by atoms with Crippen LogP contribution >= 0.6 is 0 Å². The van der Waals surface area contributed by atoms with Gasteiger partial charge in [-0.2, -0.15) is 0 Å². The third kappa shape index (κ3) is 3.78. The van der Waals surface area contributed by atoms with Gasteiger partial charge in [0.05, 0.1) is 0 Å². The average molecular weight is 180 g/mol. The number of carbonyl (C=O) groups excluding carboxylic acids is 1. The van der Waals surface area contributed by atoms with E-state index in [1.165, 1.54) is 11.4 Å². The van der Waals surface area contributed by atoms with E-state index < -0.39 is 0 Å². The van der Waals surface area contributed by atoms with Gasteiger partial charge in [0.1, 0.15) is 0 Å². The predicted octanol–water partition coefficient (Wildman–Crippen LogP) is 1.39. The van der Waals surface area contributed by atoms with Crippen LogP contribution in [0, 0.1) is 6.92 Å². The van der Waals surface area contributed by atoms with Crippen LogP contribution in [0.2, 0.25) is 0 Å². The van der Waals surface area contributed by atoms with Crippen molar-refractivity contribution in [2.75, 3.05) is 6.54 Å². The number of carbonyl (C=O) groups is 1. The van der Waals surface area contributed by atoms with Crippen molar-refractivity contribution in [1.29, 1.82) is 0 Å². The summed E-state index contributed by atoms with van der Waals surface area (Å²) in [5.74, 6) is 0. The zero-order valence-corrected chi connectivity index (χ0v) is 7.97. The Labute approximate surface area is 78.5 Å². The number of nitrogens with one attached hydrogen (secondary N) is 2. The minimum atomic E-state index is 0.749. The summed E-state index contributed by atoms with van der Waals surface area (Å²) in [5, 5.41) is 2.65. The molecule has 72 valence electrons. The van der Waals surface area contributed by atoms with E-state index in [1.54, 1.807) is 0 Å². The van der Waals surface area contributed by atoms with Gasteiger partial charge in [-0.25, -0.2) is 0 Å². The molecule has 0 fully saturated rings. The first-order valence-corrected chi connectivity index (χ1v) is 4.64. The van der Waals surface area contributed by atoms with Gasteiger partial charge in [-0.3, -0.25) is 4.79 Å². The highest BCUT2D eigenvalue weighted by atomic mass is 16.1. The van der Waals surface area contributed by atoms with Crippen molar-refractivity contribution in [2.24, 2.45) is 0 Å². The maximum Gasteiger partial charge on any atom is 0.207 e. The maximum absolute atomic E-state index is 9.92. The number of rotatable bonds is 6. The molecule has 3 heteroatoms. The molecule has 1 amide bonds. The third-order valence-corrected chi connectivity index (χ3v) is 1.99. The molecule has 0 aliphatic heterocycles. The summed E-state index contributed by atoms with van der Waals surface area (Å²) in [7, 11) is 0. The van der Waals surface area contributed by atoms with Gasteiger partial charge in [-0.15, -0.1) is 0 Å². The molecule has 2 N–H and O–H groups in total. The van der Waals surface area contributed by atoms with E-state index in [9.17, 15) is 4.79 Å². The number of aromatic amines is 1. The molecule has 1 rings (SSSR count). The van der Waals surface area contributed by atoms with Gasteiger partial charge in [-0.1, -0.05) is 0 Å². The minimum Gasteiger partial charge on any atom is -0.363 e. The molecule has 1 heterocycles. The van der Waals surface area contributed by atoms with Crippen molar-refractivity contribution < 1.29 is 4.79 Å². The van der Waals surface area contributed by atoms with Crippen molar-refractivity contribution in [3.8, 4) is 0 Å². The Bertz CT molecular complexity index is 255. The zero-order chi connectivity index (χ0) is 9.52. The van der Waals surface area contributed by atoms with Crippen molar-refractivity contribution in [3.05, 3.63) is 23.5 Å². The average Bonchev–Trinajstić information content (AvgIpc) is 2.51. The lowest BCUT2D eigenvalue weighted by Gasteiger charge is -1.98. The SMILES string of the molecule is Cc1ccc(CCCCNC=O)[nH]1. The van der Waals surface area contributed by atoms with Gasteiger partial charge < -0.3 is 10.3 Å². The van der Waals surface area contributed by atoms with Gasteiger partial charge in [0.2, 0.25) is 6.41 Å². The van der Waals surface area contributed by atoms with Crippen molar-refractivity contribution >= 4 is 6.41 Å². The smallest absolute Gasteiger partial charge is 0.207 e. The van der Waals surface area contributed by atoms with Crippen molar-refractivity contribution in [2.45, 2.75) is 26.2 Å². The van der Waals surface area contributed by atoms with Gasteiger partial charge in [0.25, 0.3) is 0 Å². The highest BCUT2D eigenvalue weighted by Crippen LogP contribution is 2.04. The molecular formula is C10H16N2O. The summed E-state index contributed by atoms with van der Waals surface area (Å²) < 4.78 is 0. The van der Waals surface area contributed by atoms with Crippen LogP contribution in [-0.4, -0.2) is 17.9 Å². The van der Waals surface area contributed by atoms with Crippen LogP contribution < -0.4 is 5.32 Å². The van der Waals surface area contributed by atoms with Crippen LogP contribution in [0.3, 0.4) is 0 Å². The van der Waals surface area contributed by atoms with Crippen LogP contribution in [-0.2, 0) is 11.2 Å². The number of aryl methyl sites for hydroxylation is 2. The lowest BCUT2D eigenvalue weighted by molar-refractivity contribution is -0.109. The van der Waals surface area contributed by atoms with E-state index in [4.69, 9.17) is 0 Å². The maximum atomic E-state index is 9.92. The number of hydrogen-bond acceptors (Lipinski definition) is 1. The molecule has 0 aromatic carbocycles. The molecule has 0 spiro atoms. The Morgan fingerprint density at radius 3 is 2.92 bits per heavy atom. The lowest BCUT2D eigenvalue weighted by atomic mass is 10.2. The van der Waals surface area contributed by atoms with Crippen LogP contribution in [0.15, 0.2) is 12.1 Å². The fourth-order valence-electron chi connectivity index (χ4n) is 1.31. The molecule has 0 unspecified atom stereocenters. The molecule has 0 bridgehead atoms. The Kier molecular flexibility index (Phi) is 4.09. The summed E-state index contributed by atoms with van der Waals surface area (Å²) in [6.45, 7) is 2.83. The Morgan fingerprint density at radius 1 is 1.46 bits per heavy atom. The fourth-order valence-corrected chi connectivity index (χ4v) is 1.31. The second kappa shape index (κ2) is 5.41. The summed E-state index contributed by atoms with van der Waals surface area (Å²) in [5.41, 5.74) is 2.49. The first kappa shape index (κ1) is 9.84. The second-order valence-electron chi connectivity index (χ2n) is 3.20. The first-order chi connectivity index (χ1) is 6.33. The molecule has 0 aliphatic carbocycles. The summed E-state index contributed by atoms with van der Waals surface area (Å²) in [6.07, 6.45) is 3.96. The number of hydrogen-bond donors (Lipinski definition) is 2. The van der Waals surface area contributed by atoms with Crippen molar-refractivity contribution in [1.82, 2.24) is 10.3 Å². The number of unbranched alkanes of at least 4 members (excludes halogenated alkanes) is 1. The molecule has 3 nitrogen and oxygen atoms in total. The highest BCUT2D eigenvalue weighted by molar-refractivity contribution is 5.45. The van der Waals surface area contributed by atoms with Gasteiger partial charge in [-0.05, 0) is 38.3 Å². The minimum absolute atomic E-state index is 0.749. The predicted molar refractivity (Wildman–Crippen MR) is 52.5 cm³/mol. The molecule has 1 aromatic heterocycles. The molecular weight excluding hydrogens is 164 g/mol. The lowest BCUT2D eigenvalue weighted by Crippen LogP contribution is -2.11. The van der Waals surface area contributed by atoms with E-state index in [0.29, 0.717) is 0 Å². The number of aromatic nitrogens is 1. The molecule has 0 saturated heterocycles. The quantitative estimate of drug-likeness (QED) is 0.504. The monoisotopic (exact) mass is 180 g/mol. The molecule has 1 aromatic rings. The Hall–Kier alpha value is -1.25. The summed E-state index contributed by atoms with van der Waals surface area (Å²) in [6, 6.07) is 4.20. The van der Waals surface area contributed by atoms with Crippen LogP contribution in [0.4, 0.5) is 0 Å². The van der Waals surface area contributed by atoms with Gasteiger partial charge in [0, 0.05) is 17.9 Å². The van der Waals surface area contributed by atoms with E-state index in [-0.39, 0.29) is 0 Å². The highest BCUT2D eigenvalue weighted by Gasteiger charge is 1.94. The standard InChI is InChI=1S/C10H16N2O/c1-9-5-6-10(12-9)4-2-3-7-11-8-13/h5-6,8,12H,2-4,7H2,1H3,(H,11,13). The number of H-pyrrole nitrogens is 1. The second-order valence-corrected chi connectivity index (χ2v) is 3.20. The van der Waals surface area contributed by atoms with Gasteiger partial charge >= 0.3 is 0 Å². The van der Waals surface area contributed by atoms with Gasteiger partial charge in [0.15, 0.2) is 0 Å². The summed E-state index contributed by atoms with van der Waals surface area (Å²) >= 11 is 0. The van der Waals surface area contributed by atoms with Crippen LogP contribution in [0.5, 0.6) is 0 Å². The topological polar surface area (TPSA) is 44.9 Å².